The maximum Gasteiger partial charge on any atom is 0.306 e. The van der Waals surface area contributed by atoms with Crippen molar-refractivity contribution in [3.8, 4) is 0 Å². The fraction of sp³-hybridized carbons (Fsp3) is 0.745. The molecular weight excluding hydrogens is 709 g/mol. The van der Waals surface area contributed by atoms with Crippen LogP contribution < -0.4 is 0 Å². The van der Waals surface area contributed by atoms with Crippen molar-refractivity contribution in [1.82, 2.24) is 0 Å². The van der Waals surface area contributed by atoms with E-state index < -0.39 is 6.10 Å². The highest BCUT2D eigenvalue weighted by Crippen LogP contribution is 2.14. The number of carbonyl (C=O) groups excluding carboxylic acids is 3. The van der Waals surface area contributed by atoms with Crippen molar-refractivity contribution in [2.45, 2.75) is 232 Å². The number of esters is 3. The summed E-state index contributed by atoms with van der Waals surface area (Å²) in [5.41, 5.74) is 0. The second-order valence-electron chi connectivity index (χ2n) is 15.6. The first kappa shape index (κ1) is 54.1. The van der Waals surface area contributed by atoms with E-state index in [1.807, 2.05) is 0 Å². The van der Waals surface area contributed by atoms with E-state index in [-0.39, 0.29) is 37.5 Å². The zero-order valence-corrected chi connectivity index (χ0v) is 37.3. The zero-order valence-electron chi connectivity index (χ0n) is 37.3. The van der Waals surface area contributed by atoms with Crippen LogP contribution in [-0.2, 0) is 28.6 Å². The lowest BCUT2D eigenvalue weighted by Gasteiger charge is -2.18. The average molecular weight is 797 g/mol. The van der Waals surface area contributed by atoms with E-state index in [2.05, 4.69) is 81.5 Å². The van der Waals surface area contributed by atoms with Gasteiger partial charge in [0.25, 0.3) is 0 Å². The minimum absolute atomic E-state index is 0.0891. The molecule has 0 aromatic heterocycles. The van der Waals surface area contributed by atoms with Crippen molar-refractivity contribution < 1.29 is 28.6 Å². The van der Waals surface area contributed by atoms with Gasteiger partial charge < -0.3 is 14.2 Å². The number of rotatable bonds is 42. The van der Waals surface area contributed by atoms with E-state index in [9.17, 15) is 14.4 Å². The Morgan fingerprint density at radius 3 is 1.07 bits per heavy atom. The number of ether oxygens (including phenoxy) is 3. The fourth-order valence-electron chi connectivity index (χ4n) is 6.48. The Hall–Kier alpha value is -2.89. The summed E-state index contributed by atoms with van der Waals surface area (Å²) in [6.07, 6.45) is 54.9. The number of carbonyl (C=O) groups is 3. The molecule has 0 aromatic rings. The van der Waals surface area contributed by atoms with Crippen LogP contribution in [0.2, 0.25) is 0 Å². The van der Waals surface area contributed by atoms with Gasteiger partial charge in [0, 0.05) is 19.3 Å². The van der Waals surface area contributed by atoms with Crippen LogP contribution in [0.1, 0.15) is 226 Å². The van der Waals surface area contributed by atoms with Crippen LogP contribution in [0.5, 0.6) is 0 Å². The highest BCUT2D eigenvalue weighted by molar-refractivity contribution is 5.71. The van der Waals surface area contributed by atoms with Crippen LogP contribution in [0.15, 0.2) is 60.8 Å². The third-order valence-corrected chi connectivity index (χ3v) is 10.0. The molecule has 6 heteroatoms. The predicted molar refractivity (Wildman–Crippen MR) is 242 cm³/mol. The number of hydrogen-bond donors (Lipinski definition) is 0. The Morgan fingerprint density at radius 1 is 0.368 bits per heavy atom. The van der Waals surface area contributed by atoms with Crippen LogP contribution >= 0.6 is 0 Å². The van der Waals surface area contributed by atoms with Gasteiger partial charge >= 0.3 is 17.9 Å². The lowest BCUT2D eigenvalue weighted by atomic mass is 10.1. The van der Waals surface area contributed by atoms with Crippen LogP contribution in [0.4, 0.5) is 0 Å². The Balaban J connectivity index is 4.44. The normalized spacial score (nSPS) is 12.5. The molecule has 0 bridgehead atoms. The Kier molecular flexibility index (Phi) is 43.5. The van der Waals surface area contributed by atoms with Crippen LogP contribution in [0.25, 0.3) is 0 Å². The van der Waals surface area contributed by atoms with Gasteiger partial charge in [0.05, 0.1) is 0 Å². The first-order valence-electron chi connectivity index (χ1n) is 23.8. The lowest BCUT2D eigenvalue weighted by molar-refractivity contribution is -0.167. The molecule has 0 aliphatic heterocycles. The van der Waals surface area contributed by atoms with Crippen LogP contribution in [0, 0.1) is 0 Å². The summed E-state index contributed by atoms with van der Waals surface area (Å²) in [5, 5.41) is 0. The van der Waals surface area contributed by atoms with Gasteiger partial charge in [-0.25, -0.2) is 0 Å². The molecule has 1 atom stereocenters. The van der Waals surface area contributed by atoms with Gasteiger partial charge in [0.2, 0.25) is 0 Å². The predicted octanol–water partition coefficient (Wildman–Crippen LogP) is 15.3. The summed E-state index contributed by atoms with van der Waals surface area (Å²) in [5.74, 6) is -0.950. The van der Waals surface area contributed by atoms with E-state index in [1.165, 1.54) is 103 Å². The van der Waals surface area contributed by atoms with Crippen molar-refractivity contribution in [3.05, 3.63) is 60.8 Å². The van der Waals surface area contributed by atoms with Gasteiger partial charge in [-0.1, -0.05) is 210 Å². The minimum atomic E-state index is -0.790. The van der Waals surface area contributed by atoms with E-state index in [0.29, 0.717) is 19.3 Å². The molecule has 0 fully saturated rings. The van der Waals surface area contributed by atoms with E-state index in [0.717, 1.165) is 77.0 Å². The molecule has 0 radical (unpaired) electrons. The summed E-state index contributed by atoms with van der Waals surface area (Å²) >= 11 is 0. The number of hydrogen-bond acceptors (Lipinski definition) is 6. The topological polar surface area (TPSA) is 78.9 Å². The second-order valence-corrected chi connectivity index (χ2v) is 15.6. The summed E-state index contributed by atoms with van der Waals surface area (Å²) in [6.45, 7) is 6.45. The molecule has 0 saturated carbocycles. The molecule has 57 heavy (non-hydrogen) atoms. The molecule has 0 aliphatic rings. The van der Waals surface area contributed by atoms with Crippen LogP contribution in [-0.4, -0.2) is 37.2 Å². The van der Waals surface area contributed by atoms with Gasteiger partial charge in [0.1, 0.15) is 13.2 Å². The standard InChI is InChI=1S/C51H88O6/c1-4-7-10-13-16-19-22-23-24-25-26-27-30-32-35-38-41-44-50(53)56-47-48(57-51(54)45-42-39-36-33-29-21-18-15-12-9-6-3)46-55-49(52)43-40-37-34-31-28-20-17-14-11-8-5-2/h7,10,16,19,23-24,26-27,32,35,48H,4-6,8-9,11-15,17-18,20-22,25,28-31,33-34,36-47H2,1-3H3/b10-7-,19-16-,24-23-,27-26-,35-32-. The molecule has 1 unspecified atom stereocenters. The van der Waals surface area contributed by atoms with Crippen molar-refractivity contribution in [1.29, 1.82) is 0 Å². The highest BCUT2D eigenvalue weighted by atomic mass is 16.6. The molecule has 0 N–H and O–H groups in total. The maximum atomic E-state index is 12.7. The maximum absolute atomic E-state index is 12.7. The Bertz CT molecular complexity index is 1050. The molecule has 328 valence electrons. The van der Waals surface area contributed by atoms with E-state index in [4.69, 9.17) is 14.2 Å². The third kappa shape index (κ3) is 44.1. The van der Waals surface area contributed by atoms with E-state index >= 15 is 0 Å². The average Bonchev–Trinajstić information content (AvgIpc) is 3.21. The number of allylic oxidation sites excluding steroid dienone is 10. The van der Waals surface area contributed by atoms with Gasteiger partial charge in [0.15, 0.2) is 6.10 Å². The van der Waals surface area contributed by atoms with Crippen LogP contribution in [0.3, 0.4) is 0 Å². The molecule has 0 rings (SSSR count). The third-order valence-electron chi connectivity index (χ3n) is 10.0. The van der Waals surface area contributed by atoms with Gasteiger partial charge in [-0.3, -0.25) is 14.4 Å². The first-order valence-corrected chi connectivity index (χ1v) is 23.8. The summed E-state index contributed by atoms with van der Waals surface area (Å²) in [7, 11) is 0. The van der Waals surface area contributed by atoms with E-state index in [1.54, 1.807) is 0 Å². The molecule has 6 nitrogen and oxygen atoms in total. The minimum Gasteiger partial charge on any atom is -0.462 e. The highest BCUT2D eigenvalue weighted by Gasteiger charge is 2.19. The summed E-state index contributed by atoms with van der Waals surface area (Å²) in [4.78, 5) is 37.7. The van der Waals surface area contributed by atoms with Crippen molar-refractivity contribution in [2.24, 2.45) is 0 Å². The van der Waals surface area contributed by atoms with Gasteiger partial charge in [-0.15, -0.1) is 0 Å². The van der Waals surface area contributed by atoms with Gasteiger partial charge in [-0.2, -0.15) is 0 Å². The summed E-state index contributed by atoms with van der Waals surface area (Å²) < 4.78 is 16.7. The molecule has 0 saturated heterocycles. The number of unbranched alkanes of at least 4 members (excludes halogenated alkanes) is 21. The molecule has 0 heterocycles. The fourth-order valence-corrected chi connectivity index (χ4v) is 6.48. The zero-order chi connectivity index (χ0) is 41.5. The molecule has 0 amide bonds. The molecule has 0 spiro atoms. The molecule has 0 aliphatic carbocycles. The SMILES string of the molecule is CC/C=C\C/C=C\C/C=C\C/C=C\C/C=C\CCCC(=O)OCC(COC(=O)CCCCCCCCCCCCC)OC(=O)CCCCCCCCCCCCC. The second kappa shape index (κ2) is 45.8. The monoisotopic (exact) mass is 797 g/mol. The Labute approximate surface area is 351 Å². The largest absolute Gasteiger partial charge is 0.462 e. The van der Waals surface area contributed by atoms with Gasteiger partial charge in [-0.05, 0) is 57.8 Å². The lowest BCUT2D eigenvalue weighted by Crippen LogP contribution is -2.30. The quantitative estimate of drug-likeness (QED) is 0.0265. The first-order chi connectivity index (χ1) is 28.0. The Morgan fingerprint density at radius 2 is 0.684 bits per heavy atom. The molecule has 0 aromatic carbocycles. The van der Waals surface area contributed by atoms with Crippen molar-refractivity contribution in [2.75, 3.05) is 13.2 Å². The summed E-state index contributed by atoms with van der Waals surface area (Å²) in [6, 6.07) is 0. The smallest absolute Gasteiger partial charge is 0.306 e. The molecular formula is C51H88O6. The van der Waals surface area contributed by atoms with Crippen molar-refractivity contribution >= 4 is 17.9 Å². The van der Waals surface area contributed by atoms with Crippen molar-refractivity contribution in [3.63, 3.8) is 0 Å².